The van der Waals surface area contributed by atoms with Crippen LogP contribution in [0.3, 0.4) is 0 Å². The first kappa shape index (κ1) is 15.3. The molecule has 0 unspecified atom stereocenters. The number of hydrogen-bond acceptors (Lipinski definition) is 4. The minimum Gasteiger partial charge on any atom is -0.387 e. The zero-order valence-electron chi connectivity index (χ0n) is 11.1. The molecule has 112 valence electrons. The smallest absolute Gasteiger partial charge is 0.159 e. The summed E-state index contributed by atoms with van der Waals surface area (Å²) in [4.78, 5) is 1.75. The van der Waals surface area contributed by atoms with Gasteiger partial charge < -0.3 is 5.11 Å². The van der Waals surface area contributed by atoms with Crippen LogP contribution in [0.4, 0.5) is 8.78 Å². The summed E-state index contributed by atoms with van der Waals surface area (Å²) in [6.07, 6.45) is -0.457. The summed E-state index contributed by atoms with van der Waals surface area (Å²) in [6.45, 7) is 0.172. The van der Waals surface area contributed by atoms with Crippen LogP contribution in [0.1, 0.15) is 18.1 Å². The molecule has 1 fully saturated rings. The Hall–Kier alpha value is -1.05. The number of aliphatic hydroxyl groups is 1. The van der Waals surface area contributed by atoms with E-state index in [0.717, 1.165) is 12.1 Å². The molecule has 1 aromatic rings. The van der Waals surface area contributed by atoms with Gasteiger partial charge in [0.1, 0.15) is 0 Å². The molecule has 4 nitrogen and oxygen atoms in total. The Morgan fingerprint density at radius 3 is 2.65 bits per heavy atom. The lowest BCUT2D eigenvalue weighted by molar-refractivity contribution is 0.109. The first-order valence-electron chi connectivity index (χ1n) is 6.32. The van der Waals surface area contributed by atoms with Crippen LogP contribution in [-0.4, -0.2) is 49.6 Å². The quantitative estimate of drug-likeness (QED) is 0.905. The minimum atomic E-state index is -2.99. The molecule has 7 heteroatoms. The summed E-state index contributed by atoms with van der Waals surface area (Å²) in [5.74, 6) is -1.74. The zero-order chi connectivity index (χ0) is 14.9. The molecular formula is C13H17F2NO3S. The fraction of sp³-hybridized carbons (Fsp3) is 0.538. The van der Waals surface area contributed by atoms with Crippen LogP contribution >= 0.6 is 0 Å². The van der Waals surface area contributed by atoms with E-state index in [2.05, 4.69) is 0 Å². The standard InChI is InChI=1S/C13H17F2NO3S/c1-16(10-4-5-20(18,19)8-10)7-13(17)9-2-3-11(14)12(15)6-9/h2-3,6,10,13,17H,4-5,7-8H2,1H3/t10-,13+/m1/s1. The van der Waals surface area contributed by atoms with Gasteiger partial charge in [-0.1, -0.05) is 6.07 Å². The van der Waals surface area contributed by atoms with Crippen molar-refractivity contribution in [2.75, 3.05) is 25.1 Å². The predicted octanol–water partition coefficient (Wildman–Crippen LogP) is 1.12. The number of sulfone groups is 1. The normalized spacial score (nSPS) is 23.1. The molecule has 20 heavy (non-hydrogen) atoms. The van der Waals surface area contributed by atoms with Gasteiger partial charge in [-0.05, 0) is 31.2 Å². The van der Waals surface area contributed by atoms with Crippen LogP contribution < -0.4 is 0 Å². The monoisotopic (exact) mass is 305 g/mol. The molecule has 0 amide bonds. The van der Waals surface area contributed by atoms with E-state index in [1.54, 1.807) is 11.9 Å². The minimum absolute atomic E-state index is 0.0774. The van der Waals surface area contributed by atoms with Gasteiger partial charge in [0, 0.05) is 12.6 Å². The number of aliphatic hydroxyl groups excluding tert-OH is 1. The molecule has 1 N–H and O–H groups in total. The van der Waals surface area contributed by atoms with Crippen molar-refractivity contribution in [3.8, 4) is 0 Å². The third kappa shape index (κ3) is 3.53. The van der Waals surface area contributed by atoms with Crippen molar-refractivity contribution in [1.82, 2.24) is 4.90 Å². The molecule has 1 aliphatic heterocycles. The highest BCUT2D eigenvalue weighted by molar-refractivity contribution is 7.91. The molecule has 1 aliphatic rings. The zero-order valence-corrected chi connectivity index (χ0v) is 11.9. The molecule has 1 heterocycles. The Morgan fingerprint density at radius 1 is 1.40 bits per heavy atom. The van der Waals surface area contributed by atoms with Crippen molar-refractivity contribution in [3.05, 3.63) is 35.4 Å². The van der Waals surface area contributed by atoms with E-state index in [0.29, 0.717) is 6.42 Å². The lowest BCUT2D eigenvalue weighted by atomic mass is 10.1. The van der Waals surface area contributed by atoms with Crippen molar-refractivity contribution >= 4 is 9.84 Å². The van der Waals surface area contributed by atoms with Crippen LogP contribution in [-0.2, 0) is 9.84 Å². The van der Waals surface area contributed by atoms with Crippen LogP contribution in [0.25, 0.3) is 0 Å². The van der Waals surface area contributed by atoms with Crippen LogP contribution in [0.2, 0.25) is 0 Å². The van der Waals surface area contributed by atoms with Gasteiger partial charge in [0.2, 0.25) is 0 Å². The molecule has 2 rings (SSSR count). The first-order chi connectivity index (χ1) is 9.28. The fourth-order valence-corrected chi connectivity index (χ4v) is 4.18. The van der Waals surface area contributed by atoms with Crippen LogP contribution in [0.5, 0.6) is 0 Å². The van der Waals surface area contributed by atoms with Gasteiger partial charge in [-0.3, -0.25) is 4.90 Å². The summed E-state index contributed by atoms with van der Waals surface area (Å²) in [6, 6.07) is 3.11. The van der Waals surface area contributed by atoms with Gasteiger partial charge in [0.25, 0.3) is 0 Å². The van der Waals surface area contributed by atoms with E-state index in [1.165, 1.54) is 6.07 Å². The Labute approximate surface area is 116 Å². The summed E-state index contributed by atoms with van der Waals surface area (Å²) in [5.41, 5.74) is 0.275. The third-order valence-electron chi connectivity index (χ3n) is 3.62. The first-order valence-corrected chi connectivity index (χ1v) is 8.14. The van der Waals surface area contributed by atoms with E-state index in [9.17, 15) is 22.3 Å². The predicted molar refractivity (Wildman–Crippen MR) is 71.0 cm³/mol. The second-order valence-corrected chi connectivity index (χ2v) is 7.41. The van der Waals surface area contributed by atoms with E-state index in [-0.39, 0.29) is 29.7 Å². The van der Waals surface area contributed by atoms with Crippen LogP contribution in [0, 0.1) is 11.6 Å². The molecule has 0 radical (unpaired) electrons. The summed E-state index contributed by atoms with van der Waals surface area (Å²) in [7, 11) is -1.27. The molecule has 0 aromatic heterocycles. The van der Waals surface area contributed by atoms with E-state index >= 15 is 0 Å². The molecule has 0 saturated carbocycles. The number of rotatable bonds is 4. The van der Waals surface area contributed by atoms with E-state index in [1.807, 2.05) is 0 Å². The maximum Gasteiger partial charge on any atom is 0.159 e. The molecule has 0 bridgehead atoms. The maximum absolute atomic E-state index is 13.1. The largest absolute Gasteiger partial charge is 0.387 e. The number of nitrogens with zero attached hydrogens (tertiary/aromatic N) is 1. The Kier molecular flexibility index (Phi) is 4.41. The number of benzene rings is 1. The lowest BCUT2D eigenvalue weighted by Crippen LogP contribution is -2.35. The SMILES string of the molecule is CN(C[C@H](O)c1ccc(F)c(F)c1)[C@@H]1CCS(=O)(=O)C1. The van der Waals surface area contributed by atoms with Crippen molar-refractivity contribution in [3.63, 3.8) is 0 Å². The van der Waals surface area contributed by atoms with Gasteiger partial charge in [0.15, 0.2) is 21.5 Å². The second-order valence-electron chi connectivity index (χ2n) is 5.19. The summed E-state index contributed by atoms with van der Waals surface area (Å²) in [5, 5.41) is 10.0. The summed E-state index contributed by atoms with van der Waals surface area (Å²) < 4.78 is 48.7. The van der Waals surface area contributed by atoms with Gasteiger partial charge >= 0.3 is 0 Å². The topological polar surface area (TPSA) is 57.6 Å². The van der Waals surface area contributed by atoms with Gasteiger partial charge in [0.05, 0.1) is 17.6 Å². The second kappa shape index (κ2) is 5.75. The van der Waals surface area contributed by atoms with Crippen molar-refractivity contribution in [1.29, 1.82) is 0 Å². The fourth-order valence-electron chi connectivity index (χ4n) is 2.37. The maximum atomic E-state index is 13.1. The highest BCUT2D eigenvalue weighted by Gasteiger charge is 2.31. The number of likely N-dealkylation sites (N-methyl/N-ethyl adjacent to an activating group) is 1. The van der Waals surface area contributed by atoms with E-state index < -0.39 is 27.6 Å². The third-order valence-corrected chi connectivity index (χ3v) is 5.37. The lowest BCUT2D eigenvalue weighted by Gasteiger charge is -2.25. The molecule has 1 aromatic carbocycles. The summed E-state index contributed by atoms with van der Waals surface area (Å²) >= 11 is 0. The van der Waals surface area contributed by atoms with Gasteiger partial charge in [-0.2, -0.15) is 0 Å². The molecule has 2 atom stereocenters. The molecular weight excluding hydrogens is 288 g/mol. The molecule has 0 aliphatic carbocycles. The Balaban J connectivity index is 2.00. The molecule has 0 spiro atoms. The van der Waals surface area contributed by atoms with Crippen LogP contribution in [0.15, 0.2) is 18.2 Å². The average molecular weight is 305 g/mol. The highest BCUT2D eigenvalue weighted by Crippen LogP contribution is 2.21. The van der Waals surface area contributed by atoms with Crippen molar-refractivity contribution < 1.29 is 22.3 Å². The number of halogens is 2. The average Bonchev–Trinajstić information content (AvgIpc) is 2.73. The van der Waals surface area contributed by atoms with Gasteiger partial charge in [-0.15, -0.1) is 0 Å². The Bertz CT molecular complexity index is 591. The van der Waals surface area contributed by atoms with Crippen molar-refractivity contribution in [2.45, 2.75) is 18.6 Å². The van der Waals surface area contributed by atoms with Gasteiger partial charge in [-0.25, -0.2) is 17.2 Å². The van der Waals surface area contributed by atoms with Crippen molar-refractivity contribution in [2.24, 2.45) is 0 Å². The highest BCUT2D eigenvalue weighted by atomic mass is 32.2. The number of hydrogen-bond donors (Lipinski definition) is 1. The van der Waals surface area contributed by atoms with E-state index in [4.69, 9.17) is 0 Å². The molecule has 1 saturated heterocycles. The Morgan fingerprint density at radius 2 is 2.10 bits per heavy atom.